The third kappa shape index (κ3) is 2.45. The number of benzene rings is 1. The first-order valence-electron chi connectivity index (χ1n) is 6.88. The molecule has 0 radical (unpaired) electrons. The number of nitrogens with two attached hydrogens (primary N) is 2. The van der Waals surface area contributed by atoms with Gasteiger partial charge >= 0.3 is 0 Å². The number of carbonyl (C=O) groups excluding carboxylic acids is 1. The van der Waals surface area contributed by atoms with E-state index in [9.17, 15) is 4.79 Å². The molecule has 1 aromatic heterocycles. The van der Waals surface area contributed by atoms with Crippen LogP contribution in [0.5, 0.6) is 0 Å². The Labute approximate surface area is 122 Å². The van der Waals surface area contributed by atoms with Crippen molar-refractivity contribution in [1.29, 1.82) is 0 Å². The zero-order chi connectivity index (χ0) is 14.8. The average Bonchev–Trinajstić information content (AvgIpc) is 2.53. The maximum atomic E-state index is 11.1. The Morgan fingerprint density at radius 2 is 2.05 bits per heavy atom. The van der Waals surface area contributed by atoms with E-state index in [2.05, 4.69) is 27.2 Å². The van der Waals surface area contributed by atoms with Crippen molar-refractivity contribution in [1.82, 2.24) is 10.2 Å². The fourth-order valence-electron chi connectivity index (χ4n) is 2.79. The van der Waals surface area contributed by atoms with Crippen molar-refractivity contribution < 1.29 is 4.79 Å². The quantitative estimate of drug-likeness (QED) is 0.861. The van der Waals surface area contributed by atoms with Crippen LogP contribution in [0.1, 0.15) is 27.7 Å². The first kappa shape index (κ1) is 13.5. The van der Waals surface area contributed by atoms with Crippen LogP contribution in [-0.4, -0.2) is 29.2 Å². The van der Waals surface area contributed by atoms with Crippen LogP contribution in [-0.2, 0) is 6.42 Å². The van der Waals surface area contributed by atoms with Crippen LogP contribution in [0.15, 0.2) is 36.4 Å². The van der Waals surface area contributed by atoms with Gasteiger partial charge in [-0.05, 0) is 29.7 Å². The monoisotopic (exact) mass is 283 g/mol. The Morgan fingerprint density at radius 1 is 1.24 bits per heavy atom. The number of aromatic nitrogens is 2. The number of hydrogen-bond donors (Lipinski definition) is 2. The summed E-state index contributed by atoms with van der Waals surface area (Å²) in [5.74, 6) is 0.137. The predicted octanol–water partition coefficient (Wildman–Crippen LogP) is 0.638. The second-order valence-electron chi connectivity index (χ2n) is 5.03. The van der Waals surface area contributed by atoms with Crippen molar-refractivity contribution in [2.75, 3.05) is 18.0 Å². The first-order chi connectivity index (χ1) is 10.2. The van der Waals surface area contributed by atoms with E-state index in [1.165, 1.54) is 11.1 Å². The molecule has 1 unspecified atom stereocenters. The van der Waals surface area contributed by atoms with Gasteiger partial charge in [-0.3, -0.25) is 4.79 Å². The van der Waals surface area contributed by atoms with Gasteiger partial charge in [0.15, 0.2) is 11.5 Å². The number of hydrogen-bond acceptors (Lipinski definition) is 5. The highest BCUT2D eigenvalue weighted by molar-refractivity contribution is 5.90. The minimum Gasteiger partial charge on any atom is -0.364 e. The summed E-state index contributed by atoms with van der Waals surface area (Å²) < 4.78 is 0. The minimum atomic E-state index is -0.576. The van der Waals surface area contributed by atoms with Crippen molar-refractivity contribution in [3.8, 4) is 0 Å². The summed E-state index contributed by atoms with van der Waals surface area (Å²) in [6, 6.07) is 11.7. The number of primary amides is 1. The maximum Gasteiger partial charge on any atom is 0.269 e. The Morgan fingerprint density at radius 3 is 2.71 bits per heavy atom. The lowest BCUT2D eigenvalue weighted by atomic mass is 9.92. The van der Waals surface area contributed by atoms with E-state index >= 15 is 0 Å². The lowest BCUT2D eigenvalue weighted by Crippen LogP contribution is -2.40. The molecule has 2 aromatic rings. The molecule has 6 heteroatoms. The van der Waals surface area contributed by atoms with E-state index in [1.807, 2.05) is 12.1 Å². The molecule has 1 aromatic carbocycles. The molecule has 0 fully saturated rings. The van der Waals surface area contributed by atoms with E-state index in [1.54, 1.807) is 12.1 Å². The predicted molar refractivity (Wildman–Crippen MR) is 79.8 cm³/mol. The summed E-state index contributed by atoms with van der Waals surface area (Å²) in [5, 5.41) is 7.99. The molecule has 1 aliphatic heterocycles. The number of rotatable bonds is 3. The third-order valence-electron chi connectivity index (χ3n) is 3.83. The van der Waals surface area contributed by atoms with Crippen LogP contribution in [0.4, 0.5) is 5.82 Å². The van der Waals surface area contributed by atoms with Crippen molar-refractivity contribution >= 4 is 11.7 Å². The average molecular weight is 283 g/mol. The topological polar surface area (TPSA) is 98.1 Å². The SMILES string of the molecule is NCC1c2ccccc2CCN1c1ccc(C(N)=O)nn1. The second kappa shape index (κ2) is 5.49. The molecule has 1 amide bonds. The molecule has 0 saturated heterocycles. The van der Waals surface area contributed by atoms with Gasteiger partial charge in [0.05, 0.1) is 6.04 Å². The van der Waals surface area contributed by atoms with Gasteiger partial charge in [0.1, 0.15) is 0 Å². The van der Waals surface area contributed by atoms with Crippen LogP contribution in [0.25, 0.3) is 0 Å². The fraction of sp³-hybridized carbons (Fsp3) is 0.267. The van der Waals surface area contributed by atoms with Crippen molar-refractivity contribution in [3.63, 3.8) is 0 Å². The molecular formula is C15H17N5O. The molecule has 0 bridgehead atoms. The number of fused-ring (bicyclic) bond motifs is 1. The Bertz CT molecular complexity index is 655. The molecule has 4 N–H and O–H groups in total. The Kier molecular flexibility index (Phi) is 3.53. The molecule has 0 spiro atoms. The van der Waals surface area contributed by atoms with Crippen molar-refractivity contribution in [2.45, 2.75) is 12.5 Å². The summed E-state index contributed by atoms with van der Waals surface area (Å²) >= 11 is 0. The van der Waals surface area contributed by atoms with E-state index in [-0.39, 0.29) is 11.7 Å². The van der Waals surface area contributed by atoms with E-state index in [4.69, 9.17) is 11.5 Å². The highest BCUT2D eigenvalue weighted by Gasteiger charge is 2.27. The fourth-order valence-corrected chi connectivity index (χ4v) is 2.79. The van der Waals surface area contributed by atoms with Gasteiger partial charge in [-0.15, -0.1) is 10.2 Å². The summed E-state index contributed by atoms with van der Waals surface area (Å²) in [6.07, 6.45) is 0.936. The van der Waals surface area contributed by atoms with Crippen molar-refractivity contribution in [2.24, 2.45) is 11.5 Å². The molecule has 2 heterocycles. The van der Waals surface area contributed by atoms with E-state index in [0.29, 0.717) is 12.4 Å². The molecule has 0 saturated carbocycles. The summed E-state index contributed by atoms with van der Waals surface area (Å²) in [4.78, 5) is 13.2. The van der Waals surface area contributed by atoms with Gasteiger partial charge in [-0.2, -0.15) is 0 Å². The lowest BCUT2D eigenvalue weighted by Gasteiger charge is -2.37. The maximum absolute atomic E-state index is 11.1. The normalized spacial score (nSPS) is 17.4. The van der Waals surface area contributed by atoms with E-state index in [0.717, 1.165) is 13.0 Å². The first-order valence-corrected chi connectivity index (χ1v) is 6.88. The third-order valence-corrected chi connectivity index (χ3v) is 3.83. The highest BCUT2D eigenvalue weighted by Crippen LogP contribution is 2.31. The van der Waals surface area contributed by atoms with Crippen LogP contribution >= 0.6 is 0 Å². The van der Waals surface area contributed by atoms with Gasteiger partial charge in [0.2, 0.25) is 0 Å². The molecule has 21 heavy (non-hydrogen) atoms. The smallest absolute Gasteiger partial charge is 0.269 e. The van der Waals surface area contributed by atoms with Gasteiger partial charge in [-0.25, -0.2) is 0 Å². The number of amides is 1. The van der Waals surface area contributed by atoms with Crippen LogP contribution in [0.2, 0.25) is 0 Å². The largest absolute Gasteiger partial charge is 0.364 e. The molecule has 108 valence electrons. The van der Waals surface area contributed by atoms with Crippen LogP contribution < -0.4 is 16.4 Å². The second-order valence-corrected chi connectivity index (χ2v) is 5.03. The Balaban J connectivity index is 1.94. The highest BCUT2D eigenvalue weighted by atomic mass is 16.1. The molecular weight excluding hydrogens is 266 g/mol. The lowest BCUT2D eigenvalue weighted by molar-refractivity contribution is 0.0994. The van der Waals surface area contributed by atoms with Crippen molar-refractivity contribution in [3.05, 3.63) is 53.2 Å². The van der Waals surface area contributed by atoms with E-state index < -0.39 is 5.91 Å². The number of anilines is 1. The minimum absolute atomic E-state index is 0.0729. The molecule has 1 aliphatic rings. The van der Waals surface area contributed by atoms with Gasteiger partial charge in [0.25, 0.3) is 5.91 Å². The van der Waals surface area contributed by atoms with Gasteiger partial charge in [-0.1, -0.05) is 24.3 Å². The standard InChI is InChI=1S/C15H17N5O/c16-9-13-11-4-2-1-3-10(11)7-8-20(13)14-6-5-12(15(17)21)18-19-14/h1-6,13H,7-9,16H2,(H2,17,21). The molecule has 6 nitrogen and oxygen atoms in total. The summed E-state index contributed by atoms with van der Waals surface area (Å²) in [6.45, 7) is 1.32. The zero-order valence-corrected chi connectivity index (χ0v) is 11.6. The van der Waals surface area contributed by atoms with Gasteiger partial charge < -0.3 is 16.4 Å². The molecule has 0 aliphatic carbocycles. The summed E-state index contributed by atoms with van der Waals surface area (Å²) in [5.41, 5.74) is 13.9. The Hall–Kier alpha value is -2.47. The zero-order valence-electron chi connectivity index (χ0n) is 11.6. The number of carbonyl (C=O) groups is 1. The summed E-state index contributed by atoms with van der Waals surface area (Å²) in [7, 11) is 0. The van der Waals surface area contributed by atoms with Crippen LogP contribution in [0, 0.1) is 0 Å². The molecule has 1 atom stereocenters. The van der Waals surface area contributed by atoms with Crippen LogP contribution in [0.3, 0.4) is 0 Å². The number of nitrogens with zero attached hydrogens (tertiary/aromatic N) is 3. The van der Waals surface area contributed by atoms with Gasteiger partial charge in [0, 0.05) is 13.1 Å². The molecule has 3 rings (SSSR count).